The molecule has 6 nitrogen and oxygen atoms in total. The highest BCUT2D eigenvalue weighted by atomic mass is 32.2. The van der Waals surface area contributed by atoms with E-state index in [2.05, 4.69) is 4.74 Å². The maximum absolute atomic E-state index is 12.3. The number of nitriles is 1. The first-order valence-corrected chi connectivity index (χ1v) is 7.68. The fourth-order valence-electron chi connectivity index (χ4n) is 1.43. The molecule has 0 aliphatic heterocycles. The molecular formula is C11H14N2O4S2. The van der Waals surface area contributed by atoms with Crippen molar-refractivity contribution in [3.05, 3.63) is 16.3 Å². The van der Waals surface area contributed by atoms with Crippen molar-refractivity contribution in [2.24, 2.45) is 5.92 Å². The van der Waals surface area contributed by atoms with Crippen molar-refractivity contribution in [1.29, 1.82) is 5.26 Å². The summed E-state index contributed by atoms with van der Waals surface area (Å²) >= 11 is 1.01. The van der Waals surface area contributed by atoms with Crippen LogP contribution in [0.5, 0.6) is 0 Å². The molecule has 0 saturated heterocycles. The zero-order valence-corrected chi connectivity index (χ0v) is 12.4. The van der Waals surface area contributed by atoms with Crippen LogP contribution < -0.4 is 0 Å². The Morgan fingerprint density at radius 3 is 2.79 bits per heavy atom. The summed E-state index contributed by atoms with van der Waals surface area (Å²) in [5, 5.41) is 10.2. The minimum Gasteiger partial charge on any atom is -0.465 e. The smallest absolute Gasteiger partial charge is 0.349 e. The summed E-state index contributed by atoms with van der Waals surface area (Å²) in [6.45, 7) is 1.69. The third kappa shape index (κ3) is 3.32. The van der Waals surface area contributed by atoms with Crippen LogP contribution >= 0.6 is 11.3 Å². The van der Waals surface area contributed by atoms with Crippen LogP contribution in [0.2, 0.25) is 0 Å². The van der Waals surface area contributed by atoms with Gasteiger partial charge in [-0.05, 0) is 18.4 Å². The molecule has 1 heterocycles. The Morgan fingerprint density at radius 2 is 2.26 bits per heavy atom. The average Bonchev–Trinajstić information content (AvgIpc) is 2.87. The van der Waals surface area contributed by atoms with E-state index in [1.54, 1.807) is 6.92 Å². The maximum atomic E-state index is 12.3. The number of sulfonamides is 1. The lowest BCUT2D eigenvalue weighted by molar-refractivity contribution is 0.0602. The highest BCUT2D eigenvalue weighted by Gasteiger charge is 2.29. The number of hydrogen-bond acceptors (Lipinski definition) is 6. The fourth-order valence-corrected chi connectivity index (χ4v) is 4.00. The van der Waals surface area contributed by atoms with Gasteiger partial charge in [0.15, 0.2) is 0 Å². The summed E-state index contributed by atoms with van der Waals surface area (Å²) in [4.78, 5) is 11.5. The Labute approximate surface area is 116 Å². The van der Waals surface area contributed by atoms with Crippen LogP contribution in [0.25, 0.3) is 0 Å². The van der Waals surface area contributed by atoms with Gasteiger partial charge in [0.05, 0.1) is 19.1 Å². The summed E-state index contributed by atoms with van der Waals surface area (Å²) in [6.07, 6.45) is 0. The number of ether oxygens (including phenoxy) is 1. The molecule has 0 N–H and O–H groups in total. The second-order valence-electron chi connectivity index (χ2n) is 3.92. The minimum atomic E-state index is -3.79. The minimum absolute atomic E-state index is 0.0407. The molecule has 1 aromatic rings. The summed E-state index contributed by atoms with van der Waals surface area (Å²) in [5.74, 6) is -1.12. The van der Waals surface area contributed by atoms with Gasteiger partial charge in [-0.2, -0.15) is 9.57 Å². The van der Waals surface area contributed by atoms with Crippen LogP contribution in [0.3, 0.4) is 0 Å². The molecule has 1 aromatic heterocycles. The van der Waals surface area contributed by atoms with Crippen molar-refractivity contribution in [3.8, 4) is 6.07 Å². The second-order valence-corrected chi connectivity index (χ2v) is 6.85. The topological polar surface area (TPSA) is 87.5 Å². The van der Waals surface area contributed by atoms with Crippen LogP contribution in [0, 0.1) is 17.2 Å². The Hall–Kier alpha value is -1.43. The Kier molecular flexibility index (Phi) is 5.05. The zero-order valence-electron chi connectivity index (χ0n) is 10.8. The number of nitrogens with zero attached hydrogens (tertiary/aromatic N) is 2. The van der Waals surface area contributed by atoms with Gasteiger partial charge >= 0.3 is 5.97 Å². The predicted molar refractivity (Wildman–Crippen MR) is 70.3 cm³/mol. The van der Waals surface area contributed by atoms with Crippen LogP contribution in [0.15, 0.2) is 16.3 Å². The van der Waals surface area contributed by atoms with E-state index in [9.17, 15) is 13.2 Å². The van der Waals surface area contributed by atoms with E-state index in [-0.39, 0.29) is 16.3 Å². The van der Waals surface area contributed by atoms with Crippen molar-refractivity contribution in [2.45, 2.75) is 11.8 Å². The number of thiophene rings is 1. The van der Waals surface area contributed by atoms with E-state index >= 15 is 0 Å². The van der Waals surface area contributed by atoms with E-state index in [0.717, 1.165) is 15.6 Å². The van der Waals surface area contributed by atoms with Crippen molar-refractivity contribution in [3.63, 3.8) is 0 Å². The van der Waals surface area contributed by atoms with E-state index in [1.807, 2.05) is 6.07 Å². The standard InChI is InChI=1S/C11H14N2O4S2/c1-8(6-12)7-13(2)19(15,16)9-4-5-18-10(9)11(14)17-3/h4-5,8H,7H2,1-3H3/t8-/m0/s1. The van der Waals surface area contributed by atoms with Crippen LogP contribution in [0.4, 0.5) is 0 Å². The number of carbonyl (C=O) groups excluding carboxylic acids is 1. The average molecular weight is 302 g/mol. The Morgan fingerprint density at radius 1 is 1.63 bits per heavy atom. The molecule has 0 bridgehead atoms. The third-order valence-electron chi connectivity index (χ3n) is 2.44. The second kappa shape index (κ2) is 6.14. The summed E-state index contributed by atoms with van der Waals surface area (Å²) in [5.41, 5.74) is 0. The van der Waals surface area contributed by atoms with Crippen molar-refractivity contribution in [2.75, 3.05) is 20.7 Å². The van der Waals surface area contributed by atoms with Gasteiger partial charge in [0, 0.05) is 13.6 Å². The predicted octanol–water partition coefficient (Wildman–Crippen LogP) is 1.31. The van der Waals surface area contributed by atoms with Gasteiger partial charge in [0.25, 0.3) is 0 Å². The van der Waals surface area contributed by atoms with Crippen molar-refractivity contribution >= 4 is 27.3 Å². The SMILES string of the molecule is COC(=O)c1sccc1S(=O)(=O)N(C)C[C@@H](C)C#N. The molecule has 104 valence electrons. The van der Waals surface area contributed by atoms with E-state index in [4.69, 9.17) is 5.26 Å². The van der Waals surface area contributed by atoms with Crippen LogP contribution in [-0.4, -0.2) is 39.4 Å². The van der Waals surface area contributed by atoms with Gasteiger partial charge in [-0.1, -0.05) is 0 Å². The van der Waals surface area contributed by atoms with Crippen molar-refractivity contribution in [1.82, 2.24) is 4.31 Å². The summed E-state index contributed by atoms with van der Waals surface area (Å²) < 4.78 is 30.2. The number of esters is 1. The molecule has 1 rings (SSSR count). The molecule has 0 spiro atoms. The van der Waals surface area contributed by atoms with Gasteiger partial charge in [-0.3, -0.25) is 0 Å². The first-order valence-electron chi connectivity index (χ1n) is 5.36. The van der Waals surface area contributed by atoms with E-state index in [1.165, 1.54) is 25.6 Å². The van der Waals surface area contributed by atoms with E-state index < -0.39 is 21.9 Å². The Balaban J connectivity index is 3.11. The molecular weight excluding hydrogens is 288 g/mol. The van der Waals surface area contributed by atoms with E-state index in [0.29, 0.717) is 0 Å². The lowest BCUT2D eigenvalue weighted by atomic mass is 10.2. The Bertz CT molecular complexity index is 600. The molecule has 0 saturated carbocycles. The summed E-state index contributed by atoms with van der Waals surface area (Å²) in [7, 11) is -1.22. The molecule has 0 fully saturated rings. The third-order valence-corrected chi connectivity index (χ3v) is 5.33. The number of methoxy groups -OCH3 is 1. The largest absolute Gasteiger partial charge is 0.465 e. The van der Waals surface area contributed by atoms with Gasteiger partial charge in [-0.15, -0.1) is 11.3 Å². The van der Waals surface area contributed by atoms with Gasteiger partial charge in [-0.25, -0.2) is 13.2 Å². The molecule has 0 amide bonds. The van der Waals surface area contributed by atoms with Gasteiger partial charge in [0.2, 0.25) is 10.0 Å². The zero-order chi connectivity index (χ0) is 14.6. The molecule has 0 aliphatic rings. The van der Waals surface area contributed by atoms with Crippen molar-refractivity contribution < 1.29 is 17.9 Å². The number of carbonyl (C=O) groups is 1. The molecule has 0 aromatic carbocycles. The lowest BCUT2D eigenvalue weighted by Crippen LogP contribution is -2.31. The number of rotatable bonds is 5. The normalized spacial score (nSPS) is 13.0. The van der Waals surface area contributed by atoms with Crippen LogP contribution in [-0.2, 0) is 14.8 Å². The first-order chi connectivity index (χ1) is 8.84. The quantitative estimate of drug-likeness (QED) is 0.765. The molecule has 0 aliphatic carbocycles. The highest BCUT2D eigenvalue weighted by molar-refractivity contribution is 7.89. The van der Waals surface area contributed by atoms with Gasteiger partial charge in [0.1, 0.15) is 9.77 Å². The van der Waals surface area contributed by atoms with Crippen LogP contribution in [0.1, 0.15) is 16.6 Å². The summed E-state index contributed by atoms with van der Waals surface area (Å²) in [6, 6.07) is 3.33. The molecule has 0 unspecified atom stereocenters. The maximum Gasteiger partial charge on any atom is 0.349 e. The fraction of sp³-hybridized carbons (Fsp3) is 0.455. The monoisotopic (exact) mass is 302 g/mol. The first kappa shape index (κ1) is 15.6. The highest BCUT2D eigenvalue weighted by Crippen LogP contribution is 2.25. The molecule has 8 heteroatoms. The molecule has 19 heavy (non-hydrogen) atoms. The lowest BCUT2D eigenvalue weighted by Gasteiger charge is -2.18. The van der Waals surface area contributed by atoms with Gasteiger partial charge < -0.3 is 4.74 Å². The molecule has 0 radical (unpaired) electrons. The number of hydrogen-bond donors (Lipinski definition) is 0. The molecule has 1 atom stereocenters.